The summed E-state index contributed by atoms with van der Waals surface area (Å²) < 4.78 is 0. The Kier molecular flexibility index (Phi) is 4.46. The minimum absolute atomic E-state index is 0.0957. The lowest BCUT2D eigenvalue weighted by Gasteiger charge is -2.22. The molecule has 2 rings (SSSR count). The van der Waals surface area contributed by atoms with Crippen molar-refractivity contribution < 1.29 is 0 Å². The van der Waals surface area contributed by atoms with E-state index in [-0.39, 0.29) is 6.04 Å². The average Bonchev–Trinajstić information content (AvgIpc) is 2.41. The second kappa shape index (κ2) is 6.09. The second-order valence-corrected chi connectivity index (χ2v) is 5.11. The van der Waals surface area contributed by atoms with E-state index in [0.29, 0.717) is 6.54 Å². The topological polar surface area (TPSA) is 38.0 Å². The highest BCUT2D eigenvalue weighted by Crippen LogP contribution is 2.27. The molecule has 0 spiro atoms. The maximum atomic E-state index is 6.15. The molecule has 100 valence electrons. The number of nitrogens with two attached hydrogens (primary N) is 1. The van der Waals surface area contributed by atoms with Gasteiger partial charge in [0.15, 0.2) is 0 Å². The minimum atomic E-state index is 0.0957. The standard InChI is InChI=1S/C16H19ClN2/c1-11-6-3-4-7-13(11)16(10-18)19-15-9-5-8-14(17)12(15)2/h3-9,16,19H,10,18H2,1-2H3. The van der Waals surface area contributed by atoms with Gasteiger partial charge >= 0.3 is 0 Å². The van der Waals surface area contributed by atoms with Crippen molar-refractivity contribution in [3.63, 3.8) is 0 Å². The molecule has 1 atom stereocenters. The maximum absolute atomic E-state index is 6.15. The Labute approximate surface area is 119 Å². The molecule has 0 amide bonds. The predicted molar refractivity (Wildman–Crippen MR) is 82.8 cm³/mol. The lowest BCUT2D eigenvalue weighted by molar-refractivity contribution is 0.782. The van der Waals surface area contributed by atoms with Crippen LogP contribution < -0.4 is 11.1 Å². The quantitative estimate of drug-likeness (QED) is 0.882. The molecule has 2 aromatic carbocycles. The summed E-state index contributed by atoms with van der Waals surface area (Å²) in [6.07, 6.45) is 0. The van der Waals surface area contributed by atoms with Gasteiger partial charge in [-0.2, -0.15) is 0 Å². The smallest absolute Gasteiger partial charge is 0.0638 e. The average molecular weight is 275 g/mol. The fourth-order valence-corrected chi connectivity index (χ4v) is 2.37. The normalized spacial score (nSPS) is 12.2. The number of aryl methyl sites for hydroxylation is 1. The van der Waals surface area contributed by atoms with Crippen molar-refractivity contribution in [1.29, 1.82) is 0 Å². The van der Waals surface area contributed by atoms with E-state index >= 15 is 0 Å². The van der Waals surface area contributed by atoms with Gasteiger partial charge in [0.05, 0.1) is 6.04 Å². The third-order valence-electron chi connectivity index (χ3n) is 3.40. The zero-order valence-corrected chi connectivity index (χ0v) is 12.0. The molecular formula is C16H19ClN2. The first-order valence-corrected chi connectivity index (χ1v) is 6.78. The number of anilines is 1. The van der Waals surface area contributed by atoms with Crippen LogP contribution in [0.2, 0.25) is 5.02 Å². The number of hydrogen-bond donors (Lipinski definition) is 2. The SMILES string of the molecule is Cc1ccccc1C(CN)Nc1cccc(Cl)c1C. The van der Waals surface area contributed by atoms with Crippen LogP contribution in [-0.4, -0.2) is 6.54 Å². The van der Waals surface area contributed by atoms with Gasteiger partial charge in [-0.05, 0) is 42.7 Å². The molecule has 0 fully saturated rings. The van der Waals surface area contributed by atoms with Crippen LogP contribution in [0.25, 0.3) is 0 Å². The number of halogens is 1. The van der Waals surface area contributed by atoms with Gasteiger partial charge in [-0.3, -0.25) is 0 Å². The van der Waals surface area contributed by atoms with E-state index in [1.807, 2.05) is 37.3 Å². The maximum Gasteiger partial charge on any atom is 0.0638 e. The van der Waals surface area contributed by atoms with E-state index in [0.717, 1.165) is 16.3 Å². The van der Waals surface area contributed by atoms with Crippen molar-refractivity contribution >= 4 is 17.3 Å². The first kappa shape index (κ1) is 13.9. The van der Waals surface area contributed by atoms with Gasteiger partial charge in [-0.1, -0.05) is 41.9 Å². The van der Waals surface area contributed by atoms with Crippen molar-refractivity contribution in [1.82, 2.24) is 0 Å². The molecule has 2 aromatic rings. The summed E-state index contributed by atoms with van der Waals surface area (Å²) in [7, 11) is 0. The summed E-state index contributed by atoms with van der Waals surface area (Å²) in [4.78, 5) is 0. The van der Waals surface area contributed by atoms with Crippen molar-refractivity contribution in [2.75, 3.05) is 11.9 Å². The van der Waals surface area contributed by atoms with Crippen molar-refractivity contribution in [3.8, 4) is 0 Å². The molecule has 3 N–H and O–H groups in total. The van der Waals surface area contributed by atoms with E-state index in [9.17, 15) is 0 Å². The Morgan fingerprint density at radius 1 is 1.11 bits per heavy atom. The van der Waals surface area contributed by atoms with E-state index in [1.165, 1.54) is 11.1 Å². The Hall–Kier alpha value is -1.51. The minimum Gasteiger partial charge on any atom is -0.377 e. The van der Waals surface area contributed by atoms with Crippen LogP contribution in [0, 0.1) is 13.8 Å². The highest BCUT2D eigenvalue weighted by atomic mass is 35.5. The number of benzene rings is 2. The molecule has 0 saturated heterocycles. The lowest BCUT2D eigenvalue weighted by Crippen LogP contribution is -2.21. The first-order chi connectivity index (χ1) is 9.13. The number of rotatable bonds is 4. The number of nitrogens with one attached hydrogen (secondary N) is 1. The summed E-state index contributed by atoms with van der Waals surface area (Å²) in [6, 6.07) is 14.3. The van der Waals surface area contributed by atoms with Gasteiger partial charge < -0.3 is 11.1 Å². The van der Waals surface area contributed by atoms with E-state index in [1.54, 1.807) is 0 Å². The molecule has 0 radical (unpaired) electrons. The molecule has 2 nitrogen and oxygen atoms in total. The summed E-state index contributed by atoms with van der Waals surface area (Å²) in [5.74, 6) is 0. The first-order valence-electron chi connectivity index (χ1n) is 6.40. The summed E-state index contributed by atoms with van der Waals surface area (Å²) in [6.45, 7) is 4.65. The molecule has 0 heterocycles. The molecular weight excluding hydrogens is 256 g/mol. The summed E-state index contributed by atoms with van der Waals surface area (Å²) >= 11 is 6.15. The Morgan fingerprint density at radius 3 is 2.53 bits per heavy atom. The highest BCUT2D eigenvalue weighted by molar-refractivity contribution is 6.31. The fourth-order valence-electron chi connectivity index (χ4n) is 2.19. The molecule has 0 aliphatic carbocycles. The third-order valence-corrected chi connectivity index (χ3v) is 3.81. The van der Waals surface area contributed by atoms with E-state index < -0.39 is 0 Å². The van der Waals surface area contributed by atoms with Gasteiger partial charge in [-0.15, -0.1) is 0 Å². The lowest BCUT2D eigenvalue weighted by atomic mass is 10.0. The molecule has 19 heavy (non-hydrogen) atoms. The molecule has 3 heteroatoms. The second-order valence-electron chi connectivity index (χ2n) is 4.70. The van der Waals surface area contributed by atoms with Crippen LogP contribution in [0.3, 0.4) is 0 Å². The van der Waals surface area contributed by atoms with Crippen LogP contribution in [0.5, 0.6) is 0 Å². The van der Waals surface area contributed by atoms with Crippen molar-refractivity contribution in [2.24, 2.45) is 5.73 Å². The van der Waals surface area contributed by atoms with Gasteiger partial charge in [-0.25, -0.2) is 0 Å². The molecule has 0 aliphatic rings. The van der Waals surface area contributed by atoms with Crippen LogP contribution in [0.15, 0.2) is 42.5 Å². The molecule has 0 bridgehead atoms. The highest BCUT2D eigenvalue weighted by Gasteiger charge is 2.13. The fraction of sp³-hybridized carbons (Fsp3) is 0.250. The van der Waals surface area contributed by atoms with Gasteiger partial charge in [0.25, 0.3) is 0 Å². The Bertz CT molecular complexity index is 566. The largest absolute Gasteiger partial charge is 0.377 e. The van der Waals surface area contributed by atoms with Crippen molar-refractivity contribution in [3.05, 3.63) is 64.2 Å². The number of hydrogen-bond acceptors (Lipinski definition) is 2. The van der Waals surface area contributed by atoms with Crippen LogP contribution in [0.1, 0.15) is 22.7 Å². The van der Waals surface area contributed by atoms with Gasteiger partial charge in [0, 0.05) is 17.3 Å². The predicted octanol–water partition coefficient (Wildman–Crippen LogP) is 4.07. The third kappa shape index (κ3) is 3.09. The Balaban J connectivity index is 2.30. The van der Waals surface area contributed by atoms with Crippen molar-refractivity contribution in [2.45, 2.75) is 19.9 Å². The Morgan fingerprint density at radius 2 is 1.84 bits per heavy atom. The zero-order chi connectivity index (χ0) is 13.8. The zero-order valence-electron chi connectivity index (χ0n) is 11.3. The summed E-state index contributed by atoms with van der Waals surface area (Å²) in [5.41, 5.74) is 10.5. The van der Waals surface area contributed by atoms with Crippen LogP contribution >= 0.6 is 11.6 Å². The van der Waals surface area contributed by atoms with E-state index in [4.69, 9.17) is 17.3 Å². The molecule has 0 aliphatic heterocycles. The van der Waals surface area contributed by atoms with Gasteiger partial charge in [0.2, 0.25) is 0 Å². The van der Waals surface area contributed by atoms with Crippen LogP contribution in [0.4, 0.5) is 5.69 Å². The molecule has 0 aromatic heterocycles. The van der Waals surface area contributed by atoms with Gasteiger partial charge in [0.1, 0.15) is 0 Å². The summed E-state index contributed by atoms with van der Waals surface area (Å²) in [5, 5.41) is 4.25. The monoisotopic (exact) mass is 274 g/mol. The van der Waals surface area contributed by atoms with Crippen LogP contribution in [-0.2, 0) is 0 Å². The molecule has 0 saturated carbocycles. The molecule has 1 unspecified atom stereocenters. The van der Waals surface area contributed by atoms with E-state index in [2.05, 4.69) is 24.4 Å².